The van der Waals surface area contributed by atoms with Crippen molar-refractivity contribution in [2.75, 3.05) is 0 Å². The first-order valence-electron chi connectivity index (χ1n) is 7.38. The van der Waals surface area contributed by atoms with Gasteiger partial charge in [0.25, 0.3) is 0 Å². The first kappa shape index (κ1) is 14.4. The van der Waals surface area contributed by atoms with E-state index in [4.69, 9.17) is 10.7 Å². The summed E-state index contributed by atoms with van der Waals surface area (Å²) in [7, 11) is 0. The highest BCUT2D eigenvalue weighted by molar-refractivity contribution is 5.66. The van der Waals surface area contributed by atoms with Crippen LogP contribution in [0.4, 0.5) is 0 Å². The van der Waals surface area contributed by atoms with Gasteiger partial charge in [0.05, 0.1) is 11.4 Å². The van der Waals surface area contributed by atoms with Crippen LogP contribution < -0.4 is 5.73 Å². The molecule has 0 saturated carbocycles. The molecule has 0 radical (unpaired) electrons. The summed E-state index contributed by atoms with van der Waals surface area (Å²) < 4.78 is 0. The van der Waals surface area contributed by atoms with Crippen LogP contribution in [-0.4, -0.2) is 9.97 Å². The van der Waals surface area contributed by atoms with Gasteiger partial charge in [0.15, 0.2) is 5.82 Å². The number of nitrogens with two attached hydrogens (primary N) is 1. The molecule has 0 fully saturated rings. The highest BCUT2D eigenvalue weighted by Gasteiger charge is 2.09. The van der Waals surface area contributed by atoms with Gasteiger partial charge in [0, 0.05) is 17.7 Å². The van der Waals surface area contributed by atoms with E-state index in [0.717, 1.165) is 33.9 Å². The van der Waals surface area contributed by atoms with Crippen molar-refractivity contribution in [3.05, 3.63) is 71.4 Å². The maximum Gasteiger partial charge on any atom is 0.160 e. The molecule has 0 aliphatic carbocycles. The van der Waals surface area contributed by atoms with Crippen molar-refractivity contribution in [3.8, 4) is 22.6 Å². The fourth-order valence-corrected chi connectivity index (χ4v) is 2.42. The van der Waals surface area contributed by atoms with Crippen LogP contribution in [0.1, 0.15) is 16.8 Å². The molecule has 3 aromatic rings. The predicted octanol–water partition coefficient (Wildman–Crippen LogP) is 3.89. The summed E-state index contributed by atoms with van der Waals surface area (Å²) in [6.45, 7) is 4.55. The van der Waals surface area contributed by atoms with E-state index in [1.165, 1.54) is 5.56 Å². The van der Waals surface area contributed by atoms with E-state index in [1.807, 2.05) is 24.3 Å². The summed E-state index contributed by atoms with van der Waals surface area (Å²) in [6.07, 6.45) is 0. The van der Waals surface area contributed by atoms with Crippen molar-refractivity contribution in [3.63, 3.8) is 0 Å². The summed E-state index contributed by atoms with van der Waals surface area (Å²) >= 11 is 0. The number of nitrogens with zero attached hydrogens (tertiary/aromatic N) is 2. The molecule has 3 nitrogen and oxygen atoms in total. The quantitative estimate of drug-likeness (QED) is 0.796. The molecule has 110 valence electrons. The second kappa shape index (κ2) is 6.08. The highest BCUT2D eigenvalue weighted by atomic mass is 14.9. The normalized spacial score (nSPS) is 10.7. The Kier molecular flexibility index (Phi) is 3.98. The average Bonchev–Trinajstić information content (AvgIpc) is 2.55. The highest BCUT2D eigenvalue weighted by Crippen LogP contribution is 2.24. The van der Waals surface area contributed by atoms with Crippen LogP contribution in [0, 0.1) is 13.8 Å². The van der Waals surface area contributed by atoms with Gasteiger partial charge in [0.1, 0.15) is 0 Å². The van der Waals surface area contributed by atoms with Gasteiger partial charge in [-0.1, -0.05) is 54.1 Å². The van der Waals surface area contributed by atoms with Crippen LogP contribution >= 0.6 is 0 Å². The molecular weight excluding hydrogens is 270 g/mol. The maximum absolute atomic E-state index is 5.82. The molecule has 3 heteroatoms. The van der Waals surface area contributed by atoms with E-state index in [0.29, 0.717) is 6.54 Å². The van der Waals surface area contributed by atoms with Crippen molar-refractivity contribution in [1.82, 2.24) is 9.97 Å². The standard InChI is InChI=1S/C19H19N3/c1-13-7-9-15(10-8-13)18-11-16(12-20)21-19(22-18)17-6-4-3-5-14(17)2/h3-11H,12,20H2,1-2H3. The van der Waals surface area contributed by atoms with Gasteiger partial charge in [-0.25, -0.2) is 9.97 Å². The molecule has 0 aliphatic rings. The van der Waals surface area contributed by atoms with Crippen LogP contribution in [0.5, 0.6) is 0 Å². The van der Waals surface area contributed by atoms with Crippen LogP contribution in [0.3, 0.4) is 0 Å². The van der Waals surface area contributed by atoms with Crippen LogP contribution in [-0.2, 0) is 6.54 Å². The lowest BCUT2D eigenvalue weighted by molar-refractivity contribution is 0.971. The SMILES string of the molecule is Cc1ccc(-c2cc(CN)nc(-c3ccccc3C)n2)cc1. The Bertz CT molecular complexity index is 792. The fraction of sp³-hybridized carbons (Fsp3) is 0.158. The monoisotopic (exact) mass is 289 g/mol. The van der Waals surface area contributed by atoms with E-state index < -0.39 is 0 Å². The van der Waals surface area contributed by atoms with Gasteiger partial charge in [-0.05, 0) is 25.5 Å². The molecule has 0 spiro atoms. The maximum atomic E-state index is 5.82. The zero-order valence-electron chi connectivity index (χ0n) is 12.9. The zero-order chi connectivity index (χ0) is 15.5. The Morgan fingerprint density at radius 2 is 1.64 bits per heavy atom. The third kappa shape index (κ3) is 2.90. The summed E-state index contributed by atoms with van der Waals surface area (Å²) in [5.74, 6) is 0.733. The molecule has 2 aromatic carbocycles. The topological polar surface area (TPSA) is 51.8 Å². The second-order valence-electron chi connectivity index (χ2n) is 5.45. The first-order chi connectivity index (χ1) is 10.7. The van der Waals surface area contributed by atoms with Crippen molar-refractivity contribution in [2.24, 2.45) is 5.73 Å². The Labute approximate surface area is 130 Å². The Balaban J connectivity index is 2.15. The van der Waals surface area contributed by atoms with E-state index in [1.54, 1.807) is 0 Å². The minimum absolute atomic E-state index is 0.403. The van der Waals surface area contributed by atoms with E-state index >= 15 is 0 Å². The summed E-state index contributed by atoms with van der Waals surface area (Å²) in [5, 5.41) is 0. The minimum atomic E-state index is 0.403. The van der Waals surface area contributed by atoms with E-state index in [-0.39, 0.29) is 0 Å². The molecule has 3 rings (SSSR count). The van der Waals surface area contributed by atoms with Gasteiger partial charge < -0.3 is 5.73 Å². The average molecular weight is 289 g/mol. The van der Waals surface area contributed by atoms with E-state index in [2.05, 4.69) is 49.2 Å². The van der Waals surface area contributed by atoms with Gasteiger partial charge in [-0.3, -0.25) is 0 Å². The number of benzene rings is 2. The molecule has 0 amide bonds. The largest absolute Gasteiger partial charge is 0.325 e. The summed E-state index contributed by atoms with van der Waals surface area (Å²) in [6, 6.07) is 18.5. The molecule has 0 saturated heterocycles. The second-order valence-corrected chi connectivity index (χ2v) is 5.45. The number of aryl methyl sites for hydroxylation is 2. The lowest BCUT2D eigenvalue weighted by atomic mass is 10.1. The minimum Gasteiger partial charge on any atom is -0.325 e. The summed E-state index contributed by atoms with van der Waals surface area (Å²) in [5.41, 5.74) is 12.1. The van der Waals surface area contributed by atoms with Crippen LogP contribution in [0.2, 0.25) is 0 Å². The number of rotatable bonds is 3. The molecular formula is C19H19N3. The third-order valence-electron chi connectivity index (χ3n) is 3.72. The Morgan fingerprint density at radius 3 is 2.32 bits per heavy atom. The lowest BCUT2D eigenvalue weighted by Crippen LogP contribution is -2.04. The van der Waals surface area contributed by atoms with Crippen LogP contribution in [0.15, 0.2) is 54.6 Å². The molecule has 1 aromatic heterocycles. The predicted molar refractivity (Wildman–Crippen MR) is 90.3 cm³/mol. The smallest absolute Gasteiger partial charge is 0.160 e. The van der Waals surface area contributed by atoms with E-state index in [9.17, 15) is 0 Å². The third-order valence-corrected chi connectivity index (χ3v) is 3.72. The molecule has 0 atom stereocenters. The number of hydrogen-bond acceptors (Lipinski definition) is 3. The molecule has 0 bridgehead atoms. The summed E-state index contributed by atoms with van der Waals surface area (Å²) in [4.78, 5) is 9.34. The molecule has 1 heterocycles. The van der Waals surface area contributed by atoms with Crippen molar-refractivity contribution in [2.45, 2.75) is 20.4 Å². The van der Waals surface area contributed by atoms with Crippen molar-refractivity contribution < 1.29 is 0 Å². The van der Waals surface area contributed by atoms with Crippen LogP contribution in [0.25, 0.3) is 22.6 Å². The van der Waals surface area contributed by atoms with Gasteiger partial charge in [-0.15, -0.1) is 0 Å². The number of aromatic nitrogens is 2. The zero-order valence-corrected chi connectivity index (χ0v) is 12.9. The molecule has 2 N–H and O–H groups in total. The first-order valence-corrected chi connectivity index (χ1v) is 7.38. The number of hydrogen-bond donors (Lipinski definition) is 1. The molecule has 0 unspecified atom stereocenters. The fourth-order valence-electron chi connectivity index (χ4n) is 2.42. The lowest BCUT2D eigenvalue weighted by Gasteiger charge is -2.09. The Hall–Kier alpha value is -2.52. The molecule has 0 aliphatic heterocycles. The van der Waals surface area contributed by atoms with Crippen molar-refractivity contribution >= 4 is 0 Å². The molecule has 22 heavy (non-hydrogen) atoms. The van der Waals surface area contributed by atoms with Crippen molar-refractivity contribution in [1.29, 1.82) is 0 Å². The van der Waals surface area contributed by atoms with Gasteiger partial charge >= 0.3 is 0 Å². The Morgan fingerprint density at radius 1 is 0.909 bits per heavy atom. The van der Waals surface area contributed by atoms with Gasteiger partial charge in [0.2, 0.25) is 0 Å². The van der Waals surface area contributed by atoms with Gasteiger partial charge in [-0.2, -0.15) is 0 Å².